The summed E-state index contributed by atoms with van der Waals surface area (Å²) in [5, 5.41) is 2.88. The number of carbonyl (C=O) groups excluding carboxylic acids is 2. The van der Waals surface area contributed by atoms with E-state index >= 15 is 0 Å². The Morgan fingerprint density at radius 1 is 0.895 bits per heavy atom. The van der Waals surface area contributed by atoms with Crippen LogP contribution in [0.25, 0.3) is 0 Å². The fourth-order valence-electron chi connectivity index (χ4n) is 3.83. The van der Waals surface area contributed by atoms with Gasteiger partial charge in [0.2, 0.25) is 11.8 Å². The fraction of sp³-hybridized carbons (Fsp3) is 0.310. The molecule has 0 aromatic heterocycles. The Balaban J connectivity index is 2.00. The van der Waals surface area contributed by atoms with E-state index in [1.165, 1.54) is 24.1 Å². The summed E-state index contributed by atoms with van der Waals surface area (Å²) in [5.74, 6) is -0.125. The van der Waals surface area contributed by atoms with Crippen LogP contribution < -0.4 is 14.4 Å². The largest absolute Gasteiger partial charge is 0.497 e. The third-order valence-electron chi connectivity index (χ3n) is 6.00. The van der Waals surface area contributed by atoms with Crippen molar-refractivity contribution in [2.24, 2.45) is 5.92 Å². The molecule has 3 aromatic rings. The second kappa shape index (κ2) is 13.1. The van der Waals surface area contributed by atoms with E-state index < -0.39 is 28.5 Å². The van der Waals surface area contributed by atoms with Crippen LogP contribution in [0.4, 0.5) is 5.69 Å². The topological polar surface area (TPSA) is 96.0 Å². The molecule has 0 saturated heterocycles. The van der Waals surface area contributed by atoms with E-state index in [-0.39, 0.29) is 29.0 Å². The van der Waals surface area contributed by atoms with Gasteiger partial charge in [-0.05, 0) is 42.7 Å². The minimum Gasteiger partial charge on any atom is -0.497 e. The summed E-state index contributed by atoms with van der Waals surface area (Å²) in [7, 11) is -2.63. The molecule has 0 radical (unpaired) electrons. The number of hydrogen-bond donors (Lipinski definition) is 1. The SMILES string of the molecule is COc1cccc(N(CC(=O)N(Cc2ccccc2)[C@H](C)C(=O)NCC(C)C)S(=O)(=O)c2ccccc2)c1. The number of anilines is 1. The fourth-order valence-corrected chi connectivity index (χ4v) is 5.26. The molecule has 3 aromatic carbocycles. The van der Waals surface area contributed by atoms with Crippen LogP contribution in [0.5, 0.6) is 5.75 Å². The maximum absolute atomic E-state index is 13.9. The highest BCUT2D eigenvalue weighted by Gasteiger charge is 2.32. The van der Waals surface area contributed by atoms with E-state index in [2.05, 4.69) is 5.32 Å². The van der Waals surface area contributed by atoms with Gasteiger partial charge in [0.1, 0.15) is 18.3 Å². The predicted octanol–water partition coefficient (Wildman–Crippen LogP) is 4.08. The lowest BCUT2D eigenvalue weighted by atomic mass is 10.1. The molecule has 0 bridgehead atoms. The van der Waals surface area contributed by atoms with Gasteiger partial charge in [-0.25, -0.2) is 8.42 Å². The minimum atomic E-state index is -4.12. The summed E-state index contributed by atoms with van der Waals surface area (Å²) in [4.78, 5) is 28.3. The molecule has 8 nitrogen and oxygen atoms in total. The standard InChI is InChI=1S/C29H35N3O5S/c1-22(2)19-30-29(34)23(3)31(20-24-12-7-5-8-13-24)28(33)21-32(25-14-11-15-26(18-25)37-4)38(35,36)27-16-9-6-10-17-27/h5-18,22-23H,19-21H2,1-4H3,(H,30,34)/t23-/m1/s1. The smallest absolute Gasteiger partial charge is 0.264 e. The van der Waals surface area contributed by atoms with E-state index in [9.17, 15) is 18.0 Å². The Hall–Kier alpha value is -3.85. The zero-order valence-corrected chi connectivity index (χ0v) is 23.0. The van der Waals surface area contributed by atoms with E-state index in [0.29, 0.717) is 12.3 Å². The average Bonchev–Trinajstić information content (AvgIpc) is 2.93. The van der Waals surface area contributed by atoms with Crippen molar-refractivity contribution in [3.63, 3.8) is 0 Å². The van der Waals surface area contributed by atoms with Crippen molar-refractivity contribution in [3.8, 4) is 5.75 Å². The monoisotopic (exact) mass is 537 g/mol. The first-order valence-electron chi connectivity index (χ1n) is 12.5. The highest BCUT2D eigenvalue weighted by Crippen LogP contribution is 2.27. The number of amides is 2. The summed E-state index contributed by atoms with van der Waals surface area (Å²) < 4.78 is 33.9. The second-order valence-corrected chi connectivity index (χ2v) is 11.2. The Labute approximate surface area is 225 Å². The zero-order valence-electron chi connectivity index (χ0n) is 22.2. The van der Waals surface area contributed by atoms with Gasteiger partial charge >= 0.3 is 0 Å². The van der Waals surface area contributed by atoms with Gasteiger partial charge in [-0.2, -0.15) is 0 Å². The first kappa shape index (κ1) is 28.7. The molecular weight excluding hydrogens is 502 g/mol. The van der Waals surface area contributed by atoms with Crippen LogP contribution in [0.3, 0.4) is 0 Å². The third kappa shape index (κ3) is 7.35. The molecule has 0 fully saturated rings. The molecule has 9 heteroatoms. The molecule has 1 N–H and O–H groups in total. The highest BCUT2D eigenvalue weighted by molar-refractivity contribution is 7.92. The lowest BCUT2D eigenvalue weighted by molar-refractivity contribution is -0.139. The first-order chi connectivity index (χ1) is 18.1. The van der Waals surface area contributed by atoms with E-state index in [1.807, 2.05) is 44.2 Å². The van der Waals surface area contributed by atoms with Crippen molar-refractivity contribution < 1.29 is 22.7 Å². The summed E-state index contributed by atoms with van der Waals surface area (Å²) in [6.45, 7) is 5.73. The zero-order chi connectivity index (χ0) is 27.7. The maximum Gasteiger partial charge on any atom is 0.264 e. The first-order valence-corrected chi connectivity index (χ1v) is 13.9. The van der Waals surface area contributed by atoms with Crippen molar-refractivity contribution in [1.29, 1.82) is 0 Å². The molecule has 202 valence electrons. The number of carbonyl (C=O) groups is 2. The number of ether oxygens (including phenoxy) is 1. The third-order valence-corrected chi connectivity index (χ3v) is 7.79. The molecule has 0 heterocycles. The molecule has 38 heavy (non-hydrogen) atoms. The molecule has 0 unspecified atom stereocenters. The molecule has 1 atom stereocenters. The molecule has 0 aliphatic heterocycles. The number of rotatable bonds is 12. The molecule has 2 amide bonds. The van der Waals surface area contributed by atoms with Crippen LogP contribution in [-0.2, 0) is 26.2 Å². The second-order valence-electron chi connectivity index (χ2n) is 9.35. The summed E-state index contributed by atoms with van der Waals surface area (Å²) >= 11 is 0. The number of nitrogens with one attached hydrogen (secondary N) is 1. The molecular formula is C29H35N3O5S. The van der Waals surface area contributed by atoms with Crippen molar-refractivity contribution in [3.05, 3.63) is 90.5 Å². The highest BCUT2D eigenvalue weighted by atomic mass is 32.2. The van der Waals surface area contributed by atoms with E-state index in [4.69, 9.17) is 4.74 Å². The van der Waals surface area contributed by atoms with Gasteiger partial charge in [-0.15, -0.1) is 0 Å². The lowest BCUT2D eigenvalue weighted by Gasteiger charge is -2.32. The van der Waals surface area contributed by atoms with Crippen LogP contribution in [-0.4, -0.2) is 51.4 Å². The van der Waals surface area contributed by atoms with Gasteiger partial charge < -0.3 is 15.0 Å². The Kier molecular flexibility index (Phi) is 9.90. The van der Waals surface area contributed by atoms with Crippen molar-refractivity contribution in [2.75, 3.05) is 24.5 Å². The van der Waals surface area contributed by atoms with Crippen LogP contribution in [0.15, 0.2) is 89.8 Å². The van der Waals surface area contributed by atoms with Crippen LogP contribution in [0.2, 0.25) is 0 Å². The van der Waals surface area contributed by atoms with Gasteiger partial charge in [0.05, 0.1) is 17.7 Å². The maximum atomic E-state index is 13.9. The van der Waals surface area contributed by atoms with Gasteiger partial charge in [0.25, 0.3) is 10.0 Å². The van der Waals surface area contributed by atoms with Crippen LogP contribution in [0, 0.1) is 5.92 Å². The van der Waals surface area contributed by atoms with E-state index in [1.54, 1.807) is 49.4 Å². The number of hydrogen-bond acceptors (Lipinski definition) is 5. The molecule has 0 spiro atoms. The lowest BCUT2D eigenvalue weighted by Crippen LogP contribution is -2.51. The summed E-state index contributed by atoms with van der Waals surface area (Å²) in [5.41, 5.74) is 1.10. The number of nitrogens with zero attached hydrogens (tertiary/aromatic N) is 2. The number of benzene rings is 3. The minimum absolute atomic E-state index is 0.0490. The average molecular weight is 538 g/mol. The van der Waals surface area contributed by atoms with Gasteiger partial charge in [0.15, 0.2) is 0 Å². The Bertz CT molecular complexity index is 1310. The van der Waals surface area contributed by atoms with Gasteiger partial charge in [-0.3, -0.25) is 13.9 Å². The van der Waals surface area contributed by atoms with Crippen molar-refractivity contribution in [1.82, 2.24) is 10.2 Å². The van der Waals surface area contributed by atoms with Crippen LogP contribution in [0.1, 0.15) is 26.3 Å². The molecule has 0 aliphatic rings. The number of methoxy groups -OCH3 is 1. The van der Waals surface area contributed by atoms with Crippen molar-refractivity contribution in [2.45, 2.75) is 38.3 Å². The summed E-state index contributed by atoms with van der Waals surface area (Å²) in [6, 6.07) is 22.9. The Morgan fingerprint density at radius 2 is 1.53 bits per heavy atom. The summed E-state index contributed by atoms with van der Waals surface area (Å²) in [6.07, 6.45) is 0. The number of sulfonamides is 1. The van der Waals surface area contributed by atoms with Gasteiger partial charge in [-0.1, -0.05) is 68.4 Å². The predicted molar refractivity (Wildman–Crippen MR) is 148 cm³/mol. The molecule has 0 aliphatic carbocycles. The quantitative estimate of drug-likeness (QED) is 0.376. The van der Waals surface area contributed by atoms with E-state index in [0.717, 1.165) is 9.87 Å². The Morgan fingerprint density at radius 3 is 2.13 bits per heavy atom. The van der Waals surface area contributed by atoms with Crippen LogP contribution >= 0.6 is 0 Å². The van der Waals surface area contributed by atoms with Gasteiger partial charge in [0, 0.05) is 19.2 Å². The molecule has 0 saturated carbocycles. The molecule has 3 rings (SSSR count). The normalized spacial score (nSPS) is 12.0. The van der Waals surface area contributed by atoms with Crippen molar-refractivity contribution >= 4 is 27.5 Å².